The van der Waals surface area contributed by atoms with Crippen molar-refractivity contribution in [3.8, 4) is 0 Å². The minimum atomic E-state index is -2.15. The predicted octanol–water partition coefficient (Wildman–Crippen LogP) is 4.58. The van der Waals surface area contributed by atoms with Crippen LogP contribution in [0.5, 0.6) is 0 Å². The van der Waals surface area contributed by atoms with Gasteiger partial charge < -0.3 is 9.30 Å². The molecule has 0 radical (unpaired) electrons. The third kappa shape index (κ3) is 4.15. The molecule has 2 atom stereocenters. The van der Waals surface area contributed by atoms with Crippen molar-refractivity contribution in [1.29, 1.82) is 0 Å². The Morgan fingerprint density at radius 1 is 1.23 bits per heavy atom. The van der Waals surface area contributed by atoms with Gasteiger partial charge in [0.05, 0.1) is 5.92 Å². The van der Waals surface area contributed by atoms with Crippen LogP contribution in [0.3, 0.4) is 0 Å². The maximum Gasteiger partial charge on any atom is 0.329 e. The molecule has 0 spiro atoms. The molecule has 1 aliphatic rings. The van der Waals surface area contributed by atoms with E-state index in [2.05, 4.69) is 33.9 Å². The molecule has 1 unspecified atom stereocenters. The van der Waals surface area contributed by atoms with Crippen LogP contribution < -0.4 is 0 Å². The molecule has 1 heterocycles. The van der Waals surface area contributed by atoms with Crippen LogP contribution in [0.4, 0.5) is 0 Å². The SMILES string of the molecule is CC(C)(C)[Si](C)(C)N1C(=O)[C@H](CCCCl)C1C(=O)OCc1ccccc1. The van der Waals surface area contributed by atoms with Gasteiger partial charge >= 0.3 is 5.97 Å². The molecule has 1 fully saturated rings. The molecule has 0 bridgehead atoms. The van der Waals surface area contributed by atoms with Gasteiger partial charge in [0.25, 0.3) is 0 Å². The number of esters is 1. The van der Waals surface area contributed by atoms with E-state index < -0.39 is 14.3 Å². The number of rotatable bonds is 7. The topological polar surface area (TPSA) is 46.6 Å². The molecule has 1 saturated heterocycles. The van der Waals surface area contributed by atoms with Gasteiger partial charge in [-0.3, -0.25) is 4.79 Å². The molecule has 1 aliphatic heterocycles. The first kappa shape index (κ1) is 21.0. The number of carbonyl (C=O) groups excluding carboxylic acids is 2. The normalized spacial score (nSPS) is 20.7. The minimum Gasteiger partial charge on any atom is -0.459 e. The summed E-state index contributed by atoms with van der Waals surface area (Å²) in [5, 5.41) is -0.0297. The molecule has 1 aromatic rings. The molecule has 144 valence electrons. The highest BCUT2D eigenvalue weighted by atomic mass is 35.5. The number of hydrogen-bond donors (Lipinski definition) is 0. The highest BCUT2D eigenvalue weighted by Gasteiger charge is 2.60. The van der Waals surface area contributed by atoms with Crippen molar-refractivity contribution in [2.45, 2.75) is 64.4 Å². The van der Waals surface area contributed by atoms with Gasteiger partial charge in [0.2, 0.25) is 5.91 Å². The number of amides is 1. The number of hydrogen-bond acceptors (Lipinski definition) is 3. The van der Waals surface area contributed by atoms with E-state index in [4.69, 9.17) is 16.3 Å². The number of β-lactam (4-membered cyclic amide) rings is 1. The van der Waals surface area contributed by atoms with Crippen molar-refractivity contribution in [1.82, 2.24) is 4.57 Å². The van der Waals surface area contributed by atoms with Crippen molar-refractivity contribution in [3.05, 3.63) is 35.9 Å². The summed E-state index contributed by atoms with van der Waals surface area (Å²) in [7, 11) is -2.15. The second kappa shape index (κ2) is 8.13. The summed E-state index contributed by atoms with van der Waals surface area (Å²) in [6.07, 6.45) is 1.37. The zero-order chi connectivity index (χ0) is 19.5. The van der Waals surface area contributed by atoms with E-state index in [0.717, 1.165) is 12.0 Å². The van der Waals surface area contributed by atoms with Crippen molar-refractivity contribution in [2.24, 2.45) is 5.92 Å². The Morgan fingerprint density at radius 3 is 2.38 bits per heavy atom. The van der Waals surface area contributed by atoms with E-state index in [0.29, 0.717) is 12.3 Å². The standard InChI is InChI=1S/C20H30ClNO3Si/c1-20(2,3)26(4,5)22-17(16(18(22)23)12-9-13-21)19(24)25-14-15-10-7-6-8-11-15/h6-8,10-11,16-17H,9,12-14H2,1-5H3/t16-,17?/m1/s1. The van der Waals surface area contributed by atoms with Crippen LogP contribution >= 0.6 is 11.6 Å². The highest BCUT2D eigenvalue weighted by molar-refractivity contribution is 6.80. The van der Waals surface area contributed by atoms with E-state index >= 15 is 0 Å². The molecule has 1 amide bonds. The first-order chi connectivity index (χ1) is 12.1. The monoisotopic (exact) mass is 395 g/mol. The van der Waals surface area contributed by atoms with Crippen LogP contribution in [-0.4, -0.2) is 36.6 Å². The van der Waals surface area contributed by atoms with E-state index in [1.807, 2.05) is 34.9 Å². The summed E-state index contributed by atoms with van der Waals surface area (Å²) < 4.78 is 7.45. The lowest BCUT2D eigenvalue weighted by Gasteiger charge is -2.57. The third-order valence-electron chi connectivity index (χ3n) is 5.77. The lowest BCUT2D eigenvalue weighted by atomic mass is 9.86. The average molecular weight is 396 g/mol. The maximum atomic E-state index is 12.9. The second-order valence-corrected chi connectivity index (χ2v) is 14.0. The fourth-order valence-electron chi connectivity index (χ4n) is 3.20. The predicted molar refractivity (Wildman–Crippen MR) is 108 cm³/mol. The van der Waals surface area contributed by atoms with E-state index in [9.17, 15) is 9.59 Å². The molecule has 0 aliphatic carbocycles. The number of nitrogens with zero attached hydrogens (tertiary/aromatic N) is 1. The van der Waals surface area contributed by atoms with E-state index in [1.165, 1.54) is 0 Å². The smallest absolute Gasteiger partial charge is 0.329 e. The number of carbonyl (C=O) groups is 2. The molecule has 26 heavy (non-hydrogen) atoms. The Bertz CT molecular complexity index is 642. The molecular formula is C20H30ClNO3Si. The lowest BCUT2D eigenvalue weighted by molar-refractivity contribution is -0.169. The molecule has 6 heteroatoms. The van der Waals surface area contributed by atoms with Crippen LogP contribution in [0, 0.1) is 5.92 Å². The largest absolute Gasteiger partial charge is 0.459 e. The Morgan fingerprint density at radius 2 is 1.85 bits per heavy atom. The van der Waals surface area contributed by atoms with Gasteiger partial charge in [-0.1, -0.05) is 64.2 Å². The van der Waals surface area contributed by atoms with Gasteiger partial charge in [-0.05, 0) is 23.4 Å². The molecule has 0 aromatic heterocycles. The van der Waals surface area contributed by atoms with Crippen molar-refractivity contribution in [2.75, 3.05) is 5.88 Å². The zero-order valence-electron chi connectivity index (χ0n) is 16.4. The van der Waals surface area contributed by atoms with E-state index in [1.54, 1.807) is 0 Å². The Kier molecular flexibility index (Phi) is 6.56. The summed E-state index contributed by atoms with van der Waals surface area (Å²) in [6.45, 7) is 11.0. The zero-order valence-corrected chi connectivity index (χ0v) is 18.2. The number of benzene rings is 1. The first-order valence-corrected chi connectivity index (χ1v) is 12.7. The van der Waals surface area contributed by atoms with Crippen molar-refractivity contribution < 1.29 is 14.3 Å². The van der Waals surface area contributed by atoms with Crippen LogP contribution in [0.1, 0.15) is 39.2 Å². The van der Waals surface area contributed by atoms with Gasteiger partial charge in [0, 0.05) is 5.88 Å². The number of ether oxygens (including phenoxy) is 1. The maximum absolute atomic E-state index is 12.9. The van der Waals surface area contributed by atoms with Crippen LogP contribution in [0.2, 0.25) is 18.1 Å². The van der Waals surface area contributed by atoms with Crippen molar-refractivity contribution >= 4 is 31.7 Å². The first-order valence-electron chi connectivity index (χ1n) is 9.21. The Hall–Kier alpha value is -1.33. The fourth-order valence-corrected chi connectivity index (χ4v) is 5.77. The molecule has 1 aromatic carbocycles. The lowest BCUT2D eigenvalue weighted by Crippen LogP contribution is -2.74. The highest BCUT2D eigenvalue weighted by Crippen LogP contribution is 2.46. The number of alkyl halides is 1. The van der Waals surface area contributed by atoms with Crippen LogP contribution in [-0.2, 0) is 20.9 Å². The summed E-state index contributed by atoms with van der Waals surface area (Å²) in [5.74, 6) is -0.0114. The van der Waals surface area contributed by atoms with Crippen LogP contribution in [0.15, 0.2) is 30.3 Å². The van der Waals surface area contributed by atoms with Gasteiger partial charge in [0.1, 0.15) is 12.6 Å². The molecule has 0 N–H and O–H groups in total. The Balaban J connectivity index is 2.17. The Labute approximate surface area is 162 Å². The minimum absolute atomic E-state index is 0.0297. The summed E-state index contributed by atoms with van der Waals surface area (Å²) >= 11 is 5.81. The quantitative estimate of drug-likeness (QED) is 0.294. The summed E-state index contributed by atoms with van der Waals surface area (Å²) in [4.78, 5) is 25.7. The summed E-state index contributed by atoms with van der Waals surface area (Å²) in [6, 6.07) is 9.14. The van der Waals surface area contributed by atoms with Gasteiger partial charge in [0.15, 0.2) is 8.24 Å². The average Bonchev–Trinajstić information content (AvgIpc) is 2.57. The molecule has 0 saturated carbocycles. The van der Waals surface area contributed by atoms with Gasteiger partial charge in [-0.2, -0.15) is 0 Å². The number of halogens is 1. The third-order valence-corrected chi connectivity index (χ3v) is 11.4. The van der Waals surface area contributed by atoms with Gasteiger partial charge in [-0.15, -0.1) is 11.6 Å². The van der Waals surface area contributed by atoms with Crippen LogP contribution in [0.25, 0.3) is 0 Å². The summed E-state index contributed by atoms with van der Waals surface area (Å²) in [5.41, 5.74) is 0.947. The van der Waals surface area contributed by atoms with Gasteiger partial charge in [-0.25, -0.2) is 4.79 Å². The molecule has 2 rings (SSSR count). The van der Waals surface area contributed by atoms with Crippen molar-refractivity contribution in [3.63, 3.8) is 0 Å². The second-order valence-electron chi connectivity index (χ2n) is 8.49. The van der Waals surface area contributed by atoms with E-state index in [-0.39, 0.29) is 29.4 Å². The molecule has 4 nitrogen and oxygen atoms in total. The molecular weight excluding hydrogens is 366 g/mol. The fraction of sp³-hybridized carbons (Fsp3) is 0.600.